The molecule has 0 aliphatic rings. The second kappa shape index (κ2) is 13.3. The molecule has 1 heterocycles. The number of hydrogen-bond donors (Lipinski definition) is 0. The monoisotopic (exact) mass is 703 g/mol. The van der Waals surface area contributed by atoms with Crippen molar-refractivity contribution in [2.45, 2.75) is 58.9 Å². The van der Waals surface area contributed by atoms with Gasteiger partial charge < -0.3 is 0 Å². The van der Waals surface area contributed by atoms with Crippen molar-refractivity contribution < 1.29 is 0 Å². The summed E-state index contributed by atoms with van der Waals surface area (Å²) in [4.78, 5) is 17.8. The van der Waals surface area contributed by atoms with Gasteiger partial charge in [-0.15, -0.1) is 0 Å². The van der Waals surface area contributed by atoms with E-state index in [1.807, 2.05) is 55.5 Å². The first-order chi connectivity index (χ1) is 16.6. The molecule has 3 nitrogen and oxygen atoms in total. The van der Waals surface area contributed by atoms with Crippen molar-refractivity contribution in [1.82, 2.24) is 9.55 Å². The molecule has 0 spiro atoms. The molecule has 187 valence electrons. The molecular formula is C31H35EsN2O-. The molecule has 0 aliphatic carbocycles. The molecule has 0 amide bonds. The first kappa shape index (κ1) is 26.8. The fourth-order valence-corrected chi connectivity index (χ4v) is 4.10. The van der Waals surface area contributed by atoms with Crippen LogP contribution in [0.25, 0.3) is 0 Å². The van der Waals surface area contributed by atoms with E-state index in [-0.39, 0.29) is 11.6 Å². The van der Waals surface area contributed by atoms with E-state index in [1.165, 1.54) is 5.56 Å². The smallest absolute Gasteiger partial charge is 0.257 e. The van der Waals surface area contributed by atoms with Crippen molar-refractivity contribution in [2.24, 2.45) is 0 Å². The summed E-state index contributed by atoms with van der Waals surface area (Å²) in [6, 6.07) is 31.2. The molecule has 0 unspecified atom stereocenters. The number of rotatable bonds is 7. The Balaban J connectivity index is 0.000000366. The van der Waals surface area contributed by atoms with Crippen LogP contribution in [0.5, 0.6) is 0 Å². The zero-order valence-corrected chi connectivity index (χ0v) is 23.6. The molecule has 0 atom stereocenters. The van der Waals surface area contributed by atoms with E-state index in [9.17, 15) is 4.79 Å². The Morgan fingerprint density at radius 2 is 1.37 bits per heavy atom. The van der Waals surface area contributed by atoms with Crippen molar-refractivity contribution in [3.63, 3.8) is 0 Å². The number of hydrogen-bond acceptors (Lipinski definition) is 2. The molecule has 1 radical (unpaired) electrons. The second-order valence-electron chi connectivity index (χ2n) is 8.70. The first-order valence-corrected chi connectivity index (χ1v) is 12.2. The van der Waals surface area contributed by atoms with Crippen LogP contribution >= 0.6 is 0 Å². The summed E-state index contributed by atoms with van der Waals surface area (Å²) in [7, 11) is 0. The molecule has 0 fully saturated rings. The average Bonchev–Trinajstić information content (AvgIpc) is 2.88. The van der Waals surface area contributed by atoms with Crippen molar-refractivity contribution in [2.75, 3.05) is 0 Å². The van der Waals surface area contributed by atoms with E-state index in [0.717, 1.165) is 35.2 Å². The Kier molecular flexibility index (Phi) is 10.2. The van der Waals surface area contributed by atoms with Crippen LogP contribution in [0.1, 0.15) is 74.0 Å². The number of benzene rings is 3. The van der Waals surface area contributed by atoms with Crippen LogP contribution in [0.3, 0.4) is 0 Å². The predicted octanol–water partition coefficient (Wildman–Crippen LogP) is 7.01. The zero-order chi connectivity index (χ0) is 24.3. The van der Waals surface area contributed by atoms with E-state index in [1.54, 1.807) is 10.9 Å². The largest absolute Gasteiger partial charge is 0.287 e. The minimum Gasteiger partial charge on any atom is -0.287 e. The van der Waals surface area contributed by atoms with Crippen LogP contribution in [0, 0.1) is 6.07 Å². The van der Waals surface area contributed by atoms with E-state index in [2.05, 4.69) is 68.2 Å². The maximum Gasteiger partial charge on any atom is 0.257 e. The standard InChI is InChI=1S/C22H24N2O.C9H11.Es/c1-3-11-20-19(4-2)22(25)24(16-23-20)21(17-12-7-5-8-13-17)18-14-9-6-10-15-18;1-8(2)9-6-4-3-5-7-9;/h5-10,12-16,21H,3-4,11H2,1-2H3;4-8H,1-2H3;/q;-1;. The Bertz CT molecular complexity index is 1150. The third kappa shape index (κ3) is 6.77. The van der Waals surface area contributed by atoms with Crippen LogP contribution < -0.4 is 5.56 Å². The van der Waals surface area contributed by atoms with Gasteiger partial charge in [-0.3, -0.25) is 9.36 Å². The molecule has 0 saturated heterocycles. The number of aryl methyl sites for hydroxylation is 1. The van der Waals surface area contributed by atoms with Crippen molar-refractivity contribution >= 4 is 0 Å². The maximum atomic E-state index is 13.2. The van der Waals surface area contributed by atoms with E-state index >= 15 is 0 Å². The van der Waals surface area contributed by atoms with Crippen LogP contribution in [-0.2, 0) is 12.8 Å². The van der Waals surface area contributed by atoms with Crippen LogP contribution in [0.4, 0.5) is 0 Å². The molecular weight excluding hydrogens is 668 g/mol. The average molecular weight is 704 g/mol. The van der Waals surface area contributed by atoms with Gasteiger partial charge in [-0.2, -0.15) is 35.9 Å². The summed E-state index contributed by atoms with van der Waals surface area (Å²) in [5.41, 5.74) is 5.39. The molecule has 0 saturated carbocycles. The molecule has 0 N–H and O–H groups in total. The summed E-state index contributed by atoms with van der Waals surface area (Å²) in [6.45, 7) is 8.52. The Morgan fingerprint density at radius 1 is 0.829 bits per heavy atom. The van der Waals surface area contributed by atoms with Gasteiger partial charge in [0.05, 0.1) is 18.1 Å². The molecule has 3 aromatic carbocycles. The molecule has 4 heteroatoms. The van der Waals surface area contributed by atoms with Gasteiger partial charge in [-0.05, 0) is 29.9 Å². The van der Waals surface area contributed by atoms with Crippen LogP contribution in [-0.4, -0.2) is 9.55 Å². The minimum absolute atomic E-state index is 0. The van der Waals surface area contributed by atoms with Gasteiger partial charge in [0.15, 0.2) is 0 Å². The maximum absolute atomic E-state index is 13.2. The van der Waals surface area contributed by atoms with Gasteiger partial charge in [0.1, 0.15) is 0 Å². The topological polar surface area (TPSA) is 34.9 Å². The minimum atomic E-state index is -0.164. The van der Waals surface area contributed by atoms with Crippen LogP contribution in [0.2, 0.25) is 0 Å². The van der Waals surface area contributed by atoms with Gasteiger partial charge in [0, 0.05) is 5.56 Å². The zero-order valence-electron chi connectivity index (χ0n) is 21.0. The molecule has 35 heavy (non-hydrogen) atoms. The van der Waals surface area contributed by atoms with E-state index < -0.39 is 0 Å². The molecule has 4 aromatic rings. The Labute approximate surface area is 204 Å². The fraction of sp³-hybridized carbons (Fsp3) is 0.290. The first-order valence-electron chi connectivity index (χ1n) is 12.2. The molecule has 0 bridgehead atoms. The molecule has 0 aliphatic heterocycles. The van der Waals surface area contributed by atoms with Crippen LogP contribution in [0.15, 0.2) is 96.1 Å². The Morgan fingerprint density at radius 3 is 1.80 bits per heavy atom. The summed E-state index contributed by atoms with van der Waals surface area (Å²) in [6.07, 6.45) is 4.26. The summed E-state index contributed by atoms with van der Waals surface area (Å²) >= 11 is 0. The summed E-state index contributed by atoms with van der Waals surface area (Å²) < 4.78 is 1.78. The van der Waals surface area contributed by atoms with Crippen molar-refractivity contribution in [3.05, 3.63) is 136 Å². The normalized spacial score (nSPS) is 10.5. The summed E-state index contributed by atoms with van der Waals surface area (Å²) in [5, 5.41) is 0. The van der Waals surface area contributed by atoms with Crippen molar-refractivity contribution in [1.29, 1.82) is 0 Å². The molecule has 4 rings (SSSR count). The number of nitrogens with zero attached hydrogens (tertiary/aromatic N) is 2. The predicted molar refractivity (Wildman–Crippen MR) is 141 cm³/mol. The third-order valence-corrected chi connectivity index (χ3v) is 5.94. The van der Waals surface area contributed by atoms with Gasteiger partial charge in [-0.25, -0.2) is 4.98 Å². The Hall–Kier alpha value is -4.46. The molecule has 1 aromatic heterocycles. The van der Waals surface area contributed by atoms with E-state index in [0.29, 0.717) is 12.3 Å². The second-order valence-corrected chi connectivity index (χ2v) is 8.70. The van der Waals surface area contributed by atoms with Gasteiger partial charge in [0.25, 0.3) is 5.56 Å². The van der Waals surface area contributed by atoms with Gasteiger partial charge in [0.2, 0.25) is 0 Å². The van der Waals surface area contributed by atoms with Gasteiger partial charge >= 0.3 is 0 Å². The SMILES string of the molecule is CC(C)c1cc[c-]cc1.CCCc1ncn(C(c2ccccc2)c2ccccc2)c(=O)c1CC.[Es]. The number of aromatic nitrogens is 2. The third-order valence-electron chi connectivity index (χ3n) is 5.94. The summed E-state index contributed by atoms with van der Waals surface area (Å²) in [5.74, 6) is 0.639. The quantitative estimate of drug-likeness (QED) is 0.194. The van der Waals surface area contributed by atoms with Crippen molar-refractivity contribution in [3.8, 4) is 0 Å². The van der Waals surface area contributed by atoms with Gasteiger partial charge in [-0.1, -0.05) is 94.8 Å². The van der Waals surface area contributed by atoms with E-state index in [4.69, 9.17) is 0 Å². The fourth-order valence-electron chi connectivity index (χ4n) is 4.10.